The number of allylic oxidation sites excluding steroid dienone is 1. The van der Waals surface area contributed by atoms with Crippen molar-refractivity contribution in [2.75, 3.05) is 76.9 Å². The van der Waals surface area contributed by atoms with Crippen LogP contribution in [0.25, 0.3) is 21.9 Å². The molecule has 1 saturated heterocycles. The molecule has 0 aliphatic carbocycles. The lowest BCUT2D eigenvalue weighted by Gasteiger charge is -2.32. The van der Waals surface area contributed by atoms with Gasteiger partial charge in [0.05, 0.1) is 15.8 Å². The summed E-state index contributed by atoms with van der Waals surface area (Å²) in [5, 5.41) is 39.9. The van der Waals surface area contributed by atoms with Gasteiger partial charge in [-0.15, -0.1) is 11.3 Å². The van der Waals surface area contributed by atoms with E-state index in [4.69, 9.17) is 0 Å². The minimum absolute atomic E-state index is 0.00767. The second-order valence-electron chi connectivity index (χ2n) is 11.5. The van der Waals surface area contributed by atoms with E-state index in [1.54, 1.807) is 0 Å². The van der Waals surface area contributed by atoms with Gasteiger partial charge in [0.2, 0.25) is 0 Å². The molecule has 0 radical (unpaired) electrons. The molecule has 3 amide bonds. The molecule has 3 aromatic rings. The van der Waals surface area contributed by atoms with Crippen molar-refractivity contribution in [3.63, 3.8) is 0 Å². The molecule has 256 valence electrons. The van der Waals surface area contributed by atoms with E-state index < -0.39 is 18.3 Å². The van der Waals surface area contributed by atoms with Gasteiger partial charge >= 0.3 is 18.3 Å². The Morgan fingerprint density at radius 3 is 1.96 bits per heavy atom. The van der Waals surface area contributed by atoms with Crippen molar-refractivity contribution >= 4 is 57.2 Å². The van der Waals surface area contributed by atoms with E-state index in [1.165, 1.54) is 21.1 Å². The van der Waals surface area contributed by atoms with Crippen LogP contribution in [0.3, 0.4) is 0 Å². The van der Waals surface area contributed by atoms with Gasteiger partial charge in [0.15, 0.2) is 0 Å². The molecule has 0 spiro atoms. The zero-order chi connectivity index (χ0) is 34.6. The van der Waals surface area contributed by atoms with Gasteiger partial charge in [-0.1, -0.05) is 18.2 Å². The molecule has 1 fully saturated rings. The zero-order valence-electron chi connectivity index (χ0n) is 27.4. The Hall–Kier alpha value is -4.87. The third-order valence-corrected chi connectivity index (χ3v) is 9.65. The van der Waals surface area contributed by atoms with Crippen LogP contribution in [-0.4, -0.2) is 130 Å². The number of hydrogen-bond acceptors (Lipinski definition) is 8. The molecule has 2 aromatic carbocycles. The summed E-state index contributed by atoms with van der Waals surface area (Å²) in [6, 6.07) is 16.4. The first-order valence-electron chi connectivity index (χ1n) is 16.1. The SMILES string of the molecule is CCN(CC)c1ccc(C=C(C#N)c2nc3ccccc3s2)c(CCCN2CCN(C(=O)O)CCN(C(=O)O)CCN(C(=O)O)CC2)c1. The number of para-hydroxylation sites is 1. The van der Waals surface area contributed by atoms with Gasteiger partial charge in [-0.3, -0.25) is 4.90 Å². The average molecular weight is 678 g/mol. The minimum Gasteiger partial charge on any atom is -0.465 e. The topological polar surface area (TPSA) is 165 Å². The molecule has 3 N–H and O–H groups in total. The van der Waals surface area contributed by atoms with Crippen LogP contribution in [-0.2, 0) is 6.42 Å². The Kier molecular flexibility index (Phi) is 13.0. The van der Waals surface area contributed by atoms with Crippen molar-refractivity contribution in [2.24, 2.45) is 0 Å². The smallest absolute Gasteiger partial charge is 0.407 e. The van der Waals surface area contributed by atoms with Crippen molar-refractivity contribution in [3.8, 4) is 6.07 Å². The zero-order valence-corrected chi connectivity index (χ0v) is 28.2. The highest BCUT2D eigenvalue weighted by atomic mass is 32.1. The number of anilines is 1. The Balaban J connectivity index is 1.56. The summed E-state index contributed by atoms with van der Waals surface area (Å²) in [4.78, 5) is 48.1. The highest BCUT2D eigenvalue weighted by Crippen LogP contribution is 2.30. The molecule has 1 aliphatic heterocycles. The lowest BCUT2D eigenvalue weighted by molar-refractivity contribution is 0.0984. The predicted molar refractivity (Wildman–Crippen MR) is 187 cm³/mol. The molecule has 14 heteroatoms. The number of carbonyl (C=O) groups is 3. The van der Waals surface area contributed by atoms with Crippen molar-refractivity contribution in [1.82, 2.24) is 24.6 Å². The van der Waals surface area contributed by atoms with E-state index >= 15 is 0 Å². The quantitative estimate of drug-likeness (QED) is 0.250. The number of nitriles is 1. The molecule has 0 saturated carbocycles. The first-order chi connectivity index (χ1) is 23.1. The summed E-state index contributed by atoms with van der Waals surface area (Å²) in [7, 11) is 0. The number of hydrogen-bond donors (Lipinski definition) is 3. The lowest BCUT2D eigenvalue weighted by atomic mass is 9.99. The molecule has 0 unspecified atom stereocenters. The summed E-state index contributed by atoms with van der Waals surface area (Å²) in [6.45, 7) is 7.45. The van der Waals surface area contributed by atoms with Crippen molar-refractivity contribution in [2.45, 2.75) is 26.7 Å². The summed E-state index contributed by atoms with van der Waals surface area (Å²) in [6.07, 6.45) is -0.199. The van der Waals surface area contributed by atoms with E-state index in [0.717, 1.165) is 45.0 Å². The molecular formula is C34H43N7O6S. The molecular weight excluding hydrogens is 634 g/mol. The van der Waals surface area contributed by atoms with Crippen LogP contribution in [0, 0.1) is 11.3 Å². The summed E-state index contributed by atoms with van der Waals surface area (Å²) in [5.41, 5.74) is 4.41. The number of nitrogens with zero attached hydrogens (tertiary/aromatic N) is 7. The second-order valence-corrected chi connectivity index (χ2v) is 12.5. The fourth-order valence-corrected chi connectivity index (χ4v) is 6.70. The van der Waals surface area contributed by atoms with Gasteiger partial charge in [-0.2, -0.15) is 5.26 Å². The first-order valence-corrected chi connectivity index (χ1v) is 17.0. The lowest BCUT2D eigenvalue weighted by Crippen LogP contribution is -2.49. The fraction of sp³-hybridized carbons (Fsp3) is 0.441. The van der Waals surface area contributed by atoms with Crippen molar-refractivity contribution in [1.29, 1.82) is 5.26 Å². The normalized spacial score (nSPS) is 15.4. The molecule has 1 aliphatic rings. The Morgan fingerprint density at radius 2 is 1.44 bits per heavy atom. The number of thiazole rings is 1. The fourth-order valence-electron chi connectivity index (χ4n) is 5.76. The van der Waals surface area contributed by atoms with Crippen LogP contribution >= 0.6 is 11.3 Å². The maximum atomic E-state index is 12.0. The van der Waals surface area contributed by atoms with Crippen LogP contribution in [0.4, 0.5) is 20.1 Å². The molecule has 0 bridgehead atoms. The van der Waals surface area contributed by atoms with Gasteiger partial charge in [0.1, 0.15) is 11.1 Å². The Morgan fingerprint density at radius 1 is 0.875 bits per heavy atom. The third kappa shape index (κ3) is 9.58. The number of fused-ring (bicyclic) bond motifs is 1. The standard InChI is InChI=1S/C34H43N7O6S/c1-3-38(4-2)28-12-11-26(22-27(24-35)31-36-29-9-5-6-10-30(29)48-31)25(23-28)8-7-13-37-14-16-39(32(42)43)18-20-41(34(46)47)21-19-40(17-15-37)33(44)45/h5-6,9-12,22-23H,3-4,7-8,13-21H2,1-2H3,(H,42,43)(H,44,45)(H,46,47). The van der Waals surface area contributed by atoms with Crippen LogP contribution in [0.2, 0.25) is 0 Å². The number of rotatable bonds is 9. The van der Waals surface area contributed by atoms with Crippen molar-refractivity contribution in [3.05, 3.63) is 58.6 Å². The number of aromatic nitrogens is 1. The number of amides is 3. The number of aryl methyl sites for hydroxylation is 1. The van der Waals surface area contributed by atoms with E-state index in [9.17, 15) is 35.0 Å². The van der Waals surface area contributed by atoms with E-state index in [2.05, 4.69) is 46.8 Å². The van der Waals surface area contributed by atoms with Gasteiger partial charge < -0.3 is 34.9 Å². The van der Waals surface area contributed by atoms with E-state index in [0.29, 0.717) is 43.1 Å². The van der Waals surface area contributed by atoms with E-state index in [1.807, 2.05) is 36.4 Å². The number of carboxylic acid groups (broad SMARTS) is 3. The molecule has 2 heterocycles. The van der Waals surface area contributed by atoms with Crippen LogP contribution < -0.4 is 4.90 Å². The maximum Gasteiger partial charge on any atom is 0.407 e. The monoisotopic (exact) mass is 677 g/mol. The maximum absolute atomic E-state index is 12.0. The predicted octanol–water partition coefficient (Wildman–Crippen LogP) is 5.39. The number of benzene rings is 2. The minimum atomic E-state index is -1.22. The first kappa shape index (κ1) is 36.0. The van der Waals surface area contributed by atoms with Crippen LogP contribution in [0.5, 0.6) is 0 Å². The molecule has 0 atom stereocenters. The average Bonchev–Trinajstić information content (AvgIpc) is 3.49. The molecule has 1 aromatic heterocycles. The van der Waals surface area contributed by atoms with Gasteiger partial charge in [-0.05, 0) is 74.7 Å². The van der Waals surface area contributed by atoms with Crippen LogP contribution in [0.1, 0.15) is 36.4 Å². The van der Waals surface area contributed by atoms with E-state index in [-0.39, 0.29) is 39.3 Å². The van der Waals surface area contributed by atoms with Crippen molar-refractivity contribution < 1.29 is 29.7 Å². The highest BCUT2D eigenvalue weighted by Gasteiger charge is 2.22. The van der Waals surface area contributed by atoms with Gasteiger partial charge in [0, 0.05) is 71.1 Å². The molecule has 4 rings (SSSR count). The second kappa shape index (κ2) is 17.3. The summed E-state index contributed by atoms with van der Waals surface area (Å²) >= 11 is 1.48. The highest BCUT2D eigenvalue weighted by molar-refractivity contribution is 7.19. The molecule has 48 heavy (non-hydrogen) atoms. The molecule has 13 nitrogen and oxygen atoms in total. The Bertz CT molecular complexity index is 1590. The summed E-state index contributed by atoms with van der Waals surface area (Å²) in [5.74, 6) is 0. The van der Waals surface area contributed by atoms with Crippen LogP contribution in [0.15, 0.2) is 42.5 Å². The largest absolute Gasteiger partial charge is 0.465 e. The summed E-state index contributed by atoms with van der Waals surface area (Å²) < 4.78 is 1.01. The Labute approximate surface area is 284 Å². The van der Waals surface area contributed by atoms with Gasteiger partial charge in [0.25, 0.3) is 0 Å². The van der Waals surface area contributed by atoms with Gasteiger partial charge in [-0.25, -0.2) is 19.4 Å². The third-order valence-electron chi connectivity index (χ3n) is 8.58.